The average molecular weight is 233 g/mol. The molecule has 1 aromatic heterocycles. The van der Waals surface area contributed by atoms with Gasteiger partial charge >= 0.3 is 0 Å². The third-order valence-electron chi connectivity index (χ3n) is 4.13. The van der Waals surface area contributed by atoms with E-state index < -0.39 is 0 Å². The van der Waals surface area contributed by atoms with E-state index in [1.165, 1.54) is 32.1 Å². The molecule has 1 aliphatic carbocycles. The first-order chi connectivity index (χ1) is 8.35. The molecule has 1 aromatic rings. The molecule has 0 aromatic carbocycles. The Hall–Kier alpha value is -0.930. The van der Waals surface area contributed by atoms with Crippen molar-refractivity contribution in [1.82, 2.24) is 10.4 Å². The van der Waals surface area contributed by atoms with Crippen LogP contribution >= 0.6 is 0 Å². The predicted molar refractivity (Wildman–Crippen MR) is 70.0 cm³/mol. The first-order valence-corrected chi connectivity index (χ1v) is 6.72. The molecule has 1 atom stereocenters. The third-order valence-corrected chi connectivity index (χ3v) is 4.13. The molecule has 0 aliphatic heterocycles. The summed E-state index contributed by atoms with van der Waals surface area (Å²) in [7, 11) is 0. The van der Waals surface area contributed by atoms with E-state index in [1.54, 1.807) is 0 Å². The fraction of sp³-hybridized carbons (Fsp3) is 0.643. The summed E-state index contributed by atoms with van der Waals surface area (Å²) in [5.41, 5.74) is 4.04. The zero-order chi connectivity index (χ0) is 12.1. The van der Waals surface area contributed by atoms with Crippen LogP contribution in [-0.4, -0.2) is 4.98 Å². The van der Waals surface area contributed by atoms with Crippen molar-refractivity contribution < 1.29 is 0 Å². The van der Waals surface area contributed by atoms with Crippen molar-refractivity contribution in [2.45, 2.75) is 45.1 Å². The Bertz CT molecular complexity index is 317. The number of hydrazine groups is 1. The van der Waals surface area contributed by atoms with Gasteiger partial charge in [0.15, 0.2) is 0 Å². The van der Waals surface area contributed by atoms with Crippen LogP contribution in [0.15, 0.2) is 24.4 Å². The summed E-state index contributed by atoms with van der Waals surface area (Å²) in [6.07, 6.45) is 8.38. The molecular weight excluding hydrogens is 210 g/mol. The number of hydrogen-bond donors (Lipinski definition) is 2. The summed E-state index contributed by atoms with van der Waals surface area (Å²) < 4.78 is 0. The standard InChI is InChI=1S/C14H23N3/c1-2-11-6-8-12(9-7-11)14(17-15)13-5-3-4-10-16-13/h3-5,10-12,14,17H,2,6-9,15H2,1H3. The summed E-state index contributed by atoms with van der Waals surface area (Å²) in [5.74, 6) is 7.27. The van der Waals surface area contributed by atoms with Crippen molar-refractivity contribution in [2.24, 2.45) is 17.7 Å². The van der Waals surface area contributed by atoms with Crippen LogP contribution in [0.2, 0.25) is 0 Å². The lowest BCUT2D eigenvalue weighted by Gasteiger charge is -2.32. The molecule has 2 rings (SSSR count). The van der Waals surface area contributed by atoms with E-state index >= 15 is 0 Å². The van der Waals surface area contributed by atoms with Gasteiger partial charge in [0.05, 0.1) is 11.7 Å². The Morgan fingerprint density at radius 1 is 1.35 bits per heavy atom. The first-order valence-electron chi connectivity index (χ1n) is 6.72. The van der Waals surface area contributed by atoms with Gasteiger partial charge in [-0.05, 0) is 36.8 Å². The molecule has 0 spiro atoms. The number of rotatable bonds is 4. The average Bonchev–Trinajstić information content (AvgIpc) is 2.42. The minimum atomic E-state index is 0.217. The minimum Gasteiger partial charge on any atom is -0.271 e. The van der Waals surface area contributed by atoms with Gasteiger partial charge in [-0.15, -0.1) is 0 Å². The van der Waals surface area contributed by atoms with E-state index in [-0.39, 0.29) is 6.04 Å². The van der Waals surface area contributed by atoms with Crippen LogP contribution in [-0.2, 0) is 0 Å². The molecule has 1 aliphatic rings. The van der Waals surface area contributed by atoms with Gasteiger partial charge in [0.1, 0.15) is 0 Å². The van der Waals surface area contributed by atoms with Gasteiger partial charge < -0.3 is 0 Å². The number of aromatic nitrogens is 1. The summed E-state index contributed by atoms with van der Waals surface area (Å²) in [5, 5.41) is 0. The number of nitrogens with one attached hydrogen (secondary N) is 1. The second-order valence-corrected chi connectivity index (χ2v) is 5.09. The van der Waals surface area contributed by atoms with Gasteiger partial charge in [0.2, 0.25) is 0 Å². The second kappa shape index (κ2) is 6.12. The summed E-state index contributed by atoms with van der Waals surface area (Å²) in [6.45, 7) is 2.29. The Balaban J connectivity index is 2.00. The van der Waals surface area contributed by atoms with E-state index in [4.69, 9.17) is 5.84 Å². The Morgan fingerprint density at radius 3 is 2.65 bits per heavy atom. The van der Waals surface area contributed by atoms with Gasteiger partial charge in [0.25, 0.3) is 0 Å². The quantitative estimate of drug-likeness (QED) is 0.621. The lowest BCUT2D eigenvalue weighted by atomic mass is 9.77. The van der Waals surface area contributed by atoms with Crippen LogP contribution < -0.4 is 11.3 Å². The molecule has 3 nitrogen and oxygen atoms in total. The summed E-state index contributed by atoms with van der Waals surface area (Å²) in [6, 6.07) is 6.26. The number of nitrogens with zero attached hydrogens (tertiary/aromatic N) is 1. The molecule has 1 heterocycles. The van der Waals surface area contributed by atoms with Crippen LogP contribution in [0.25, 0.3) is 0 Å². The predicted octanol–water partition coefficient (Wildman–Crippen LogP) is 2.80. The zero-order valence-corrected chi connectivity index (χ0v) is 10.6. The fourth-order valence-electron chi connectivity index (χ4n) is 2.95. The highest BCUT2D eigenvalue weighted by atomic mass is 15.2. The van der Waals surface area contributed by atoms with Gasteiger partial charge in [-0.3, -0.25) is 16.3 Å². The van der Waals surface area contributed by atoms with Crippen LogP contribution in [0.4, 0.5) is 0 Å². The van der Waals surface area contributed by atoms with E-state index in [0.717, 1.165) is 11.6 Å². The topological polar surface area (TPSA) is 50.9 Å². The monoisotopic (exact) mass is 233 g/mol. The molecule has 3 N–H and O–H groups in total. The Morgan fingerprint density at radius 2 is 2.12 bits per heavy atom. The van der Waals surface area contributed by atoms with Crippen molar-refractivity contribution in [3.05, 3.63) is 30.1 Å². The minimum absolute atomic E-state index is 0.217. The molecular formula is C14H23N3. The Kier molecular flexibility index (Phi) is 4.51. The van der Waals surface area contributed by atoms with Gasteiger partial charge in [-0.1, -0.05) is 32.3 Å². The molecule has 0 radical (unpaired) electrons. The van der Waals surface area contributed by atoms with Gasteiger partial charge in [-0.2, -0.15) is 0 Å². The molecule has 0 bridgehead atoms. The molecule has 17 heavy (non-hydrogen) atoms. The highest BCUT2D eigenvalue weighted by Crippen LogP contribution is 2.36. The lowest BCUT2D eigenvalue weighted by molar-refractivity contribution is 0.217. The van der Waals surface area contributed by atoms with Crippen molar-refractivity contribution >= 4 is 0 Å². The van der Waals surface area contributed by atoms with Crippen LogP contribution in [0, 0.1) is 11.8 Å². The maximum absolute atomic E-state index is 5.71. The molecule has 0 saturated heterocycles. The lowest BCUT2D eigenvalue weighted by Crippen LogP contribution is -2.35. The molecule has 0 amide bonds. The number of nitrogens with two attached hydrogens (primary N) is 1. The van der Waals surface area contributed by atoms with E-state index in [0.29, 0.717) is 5.92 Å². The van der Waals surface area contributed by atoms with Crippen molar-refractivity contribution in [3.63, 3.8) is 0 Å². The van der Waals surface area contributed by atoms with Gasteiger partial charge in [-0.25, -0.2) is 0 Å². The van der Waals surface area contributed by atoms with Crippen LogP contribution in [0.5, 0.6) is 0 Å². The van der Waals surface area contributed by atoms with Crippen molar-refractivity contribution in [3.8, 4) is 0 Å². The van der Waals surface area contributed by atoms with E-state index in [2.05, 4.69) is 23.4 Å². The largest absolute Gasteiger partial charge is 0.271 e. The van der Waals surface area contributed by atoms with Crippen molar-refractivity contribution in [2.75, 3.05) is 0 Å². The van der Waals surface area contributed by atoms with E-state index in [1.807, 2.05) is 18.3 Å². The van der Waals surface area contributed by atoms with Gasteiger partial charge in [0, 0.05) is 6.20 Å². The number of pyridine rings is 1. The smallest absolute Gasteiger partial charge is 0.0660 e. The second-order valence-electron chi connectivity index (χ2n) is 5.09. The van der Waals surface area contributed by atoms with Crippen LogP contribution in [0.3, 0.4) is 0 Å². The normalized spacial score (nSPS) is 26.7. The van der Waals surface area contributed by atoms with Crippen molar-refractivity contribution in [1.29, 1.82) is 0 Å². The highest BCUT2D eigenvalue weighted by Gasteiger charge is 2.27. The molecule has 94 valence electrons. The zero-order valence-electron chi connectivity index (χ0n) is 10.6. The molecule has 1 unspecified atom stereocenters. The maximum atomic E-state index is 5.71. The summed E-state index contributed by atoms with van der Waals surface area (Å²) >= 11 is 0. The third kappa shape index (κ3) is 3.05. The first kappa shape index (κ1) is 12.5. The number of hydrogen-bond acceptors (Lipinski definition) is 3. The molecule has 3 heteroatoms. The fourth-order valence-corrected chi connectivity index (χ4v) is 2.95. The Labute approximate surface area is 104 Å². The molecule has 1 saturated carbocycles. The molecule has 1 fully saturated rings. The summed E-state index contributed by atoms with van der Waals surface area (Å²) in [4.78, 5) is 4.42. The maximum Gasteiger partial charge on any atom is 0.0660 e. The van der Waals surface area contributed by atoms with Crippen LogP contribution in [0.1, 0.15) is 50.8 Å². The van der Waals surface area contributed by atoms with E-state index in [9.17, 15) is 0 Å². The highest BCUT2D eigenvalue weighted by molar-refractivity contribution is 5.10. The SMILES string of the molecule is CCC1CCC(C(NN)c2ccccn2)CC1.